The van der Waals surface area contributed by atoms with Gasteiger partial charge in [-0.3, -0.25) is 9.69 Å². The maximum Gasteiger partial charge on any atom is 0.234 e. The van der Waals surface area contributed by atoms with Gasteiger partial charge in [0.2, 0.25) is 5.91 Å². The van der Waals surface area contributed by atoms with Gasteiger partial charge in [-0.15, -0.1) is 0 Å². The van der Waals surface area contributed by atoms with Gasteiger partial charge >= 0.3 is 0 Å². The second-order valence-electron chi connectivity index (χ2n) is 7.62. The molecule has 2 aliphatic rings. The molecule has 0 spiro atoms. The van der Waals surface area contributed by atoms with Crippen LogP contribution in [-0.2, 0) is 11.2 Å². The van der Waals surface area contributed by atoms with Crippen LogP contribution in [0.4, 0.5) is 0 Å². The summed E-state index contributed by atoms with van der Waals surface area (Å²) in [6.45, 7) is 3.36. The van der Waals surface area contributed by atoms with Gasteiger partial charge in [-0.25, -0.2) is 0 Å². The highest BCUT2D eigenvalue weighted by atomic mass is 16.5. The molecule has 2 atom stereocenters. The maximum atomic E-state index is 12.3. The van der Waals surface area contributed by atoms with E-state index in [0.717, 1.165) is 48.4 Å². The third kappa shape index (κ3) is 4.91. The van der Waals surface area contributed by atoms with Gasteiger partial charge in [0.1, 0.15) is 0 Å². The molecule has 1 N–H and O–H groups in total. The van der Waals surface area contributed by atoms with Gasteiger partial charge in [0.25, 0.3) is 0 Å². The lowest BCUT2D eigenvalue weighted by atomic mass is 9.75. The van der Waals surface area contributed by atoms with Crippen LogP contribution in [0.25, 0.3) is 0 Å². The average Bonchev–Trinajstić information content (AvgIpc) is 2.67. The van der Waals surface area contributed by atoms with Gasteiger partial charge in [0.15, 0.2) is 11.5 Å². The predicted molar refractivity (Wildman–Crippen MR) is 103 cm³/mol. The van der Waals surface area contributed by atoms with Crippen molar-refractivity contribution >= 4 is 5.91 Å². The van der Waals surface area contributed by atoms with Crippen LogP contribution in [0.15, 0.2) is 18.2 Å². The molecule has 0 bridgehead atoms. The molecule has 5 nitrogen and oxygen atoms in total. The van der Waals surface area contributed by atoms with Crippen LogP contribution in [0, 0.1) is 11.8 Å². The van der Waals surface area contributed by atoms with Crippen LogP contribution in [-0.4, -0.2) is 51.2 Å². The fourth-order valence-electron chi connectivity index (χ4n) is 4.46. The number of likely N-dealkylation sites (tertiary alicyclic amines) is 1. The zero-order chi connectivity index (χ0) is 18.4. The zero-order valence-electron chi connectivity index (χ0n) is 16.1. The molecule has 1 saturated carbocycles. The van der Waals surface area contributed by atoms with Crippen molar-refractivity contribution in [1.82, 2.24) is 10.2 Å². The molecule has 1 saturated heterocycles. The maximum absolute atomic E-state index is 12.3. The van der Waals surface area contributed by atoms with Crippen LogP contribution in [0.2, 0.25) is 0 Å². The number of nitrogens with zero attached hydrogens (tertiary/aromatic N) is 1. The molecule has 1 aliphatic carbocycles. The number of benzene rings is 1. The number of ether oxygens (including phenoxy) is 2. The van der Waals surface area contributed by atoms with Crippen LogP contribution < -0.4 is 14.8 Å². The summed E-state index contributed by atoms with van der Waals surface area (Å²) in [4.78, 5) is 14.6. The van der Waals surface area contributed by atoms with Crippen molar-refractivity contribution in [3.63, 3.8) is 0 Å². The molecule has 26 heavy (non-hydrogen) atoms. The Morgan fingerprint density at radius 1 is 1.12 bits per heavy atom. The molecule has 5 heteroatoms. The fraction of sp³-hybridized carbons (Fsp3) is 0.667. The van der Waals surface area contributed by atoms with E-state index in [1.54, 1.807) is 14.2 Å². The highest BCUT2D eigenvalue weighted by Gasteiger charge is 2.31. The summed E-state index contributed by atoms with van der Waals surface area (Å²) in [7, 11) is 3.27. The zero-order valence-corrected chi connectivity index (χ0v) is 16.1. The van der Waals surface area contributed by atoms with Crippen molar-refractivity contribution in [2.45, 2.75) is 38.5 Å². The molecule has 1 aromatic carbocycles. The highest BCUT2D eigenvalue weighted by molar-refractivity contribution is 5.78. The van der Waals surface area contributed by atoms with E-state index in [2.05, 4.69) is 10.2 Å². The Hall–Kier alpha value is -1.75. The van der Waals surface area contributed by atoms with Crippen LogP contribution in [0.1, 0.15) is 37.7 Å². The molecule has 0 unspecified atom stereocenters. The van der Waals surface area contributed by atoms with Crippen LogP contribution in [0.5, 0.6) is 11.5 Å². The number of piperidine rings is 1. The Kier molecular flexibility index (Phi) is 6.78. The molecule has 0 radical (unpaired) electrons. The monoisotopic (exact) mass is 360 g/mol. The highest BCUT2D eigenvalue weighted by Crippen LogP contribution is 2.35. The van der Waals surface area contributed by atoms with Crippen molar-refractivity contribution < 1.29 is 14.3 Å². The number of hydrogen-bond acceptors (Lipinski definition) is 4. The Bertz CT molecular complexity index is 605. The largest absolute Gasteiger partial charge is 0.493 e. The van der Waals surface area contributed by atoms with Crippen molar-refractivity contribution in [3.8, 4) is 11.5 Å². The van der Waals surface area contributed by atoms with Crippen LogP contribution >= 0.6 is 0 Å². The first-order chi connectivity index (χ1) is 12.7. The van der Waals surface area contributed by atoms with E-state index in [9.17, 15) is 4.79 Å². The number of rotatable bonds is 7. The van der Waals surface area contributed by atoms with Crippen molar-refractivity contribution in [1.29, 1.82) is 0 Å². The van der Waals surface area contributed by atoms with Crippen molar-refractivity contribution in [2.75, 3.05) is 40.4 Å². The van der Waals surface area contributed by atoms with E-state index < -0.39 is 0 Å². The Labute approximate surface area is 157 Å². The molecular formula is C21H32N2O3. The molecular weight excluding hydrogens is 328 g/mol. The van der Waals surface area contributed by atoms with Crippen molar-refractivity contribution in [2.24, 2.45) is 11.8 Å². The summed E-state index contributed by atoms with van der Waals surface area (Å²) in [5, 5.41) is 3.06. The molecule has 1 heterocycles. The predicted octanol–water partition coefficient (Wildman–Crippen LogP) is 2.87. The topological polar surface area (TPSA) is 50.8 Å². The SMILES string of the molecule is COc1ccc(CCNC(=O)CN2CC[C@H]3CCCC[C@@H]3C2)cc1OC. The number of carbonyl (C=O) groups excluding carboxylic acids is 1. The van der Waals surface area contributed by atoms with E-state index in [4.69, 9.17) is 9.47 Å². The standard InChI is InChI=1S/C21H32N2O3/c1-25-19-8-7-16(13-20(19)26-2)9-11-22-21(24)15-23-12-10-17-5-3-4-6-18(17)14-23/h7-8,13,17-18H,3-6,9-12,14-15H2,1-2H3,(H,22,24)/t17-,18-/m1/s1. The molecule has 2 fully saturated rings. The molecule has 0 aromatic heterocycles. The third-order valence-corrected chi connectivity index (χ3v) is 5.93. The fourth-order valence-corrected chi connectivity index (χ4v) is 4.46. The Morgan fingerprint density at radius 2 is 1.88 bits per heavy atom. The quantitative estimate of drug-likeness (QED) is 0.812. The van der Waals surface area contributed by atoms with Gasteiger partial charge in [-0.2, -0.15) is 0 Å². The summed E-state index contributed by atoms with van der Waals surface area (Å²) < 4.78 is 10.6. The van der Waals surface area contributed by atoms with Gasteiger partial charge in [-0.05, 0) is 55.3 Å². The smallest absolute Gasteiger partial charge is 0.234 e. The lowest BCUT2D eigenvalue weighted by molar-refractivity contribution is -0.123. The summed E-state index contributed by atoms with van der Waals surface area (Å²) in [6.07, 6.45) is 7.57. The van der Waals surface area contributed by atoms with Gasteiger partial charge in [0.05, 0.1) is 20.8 Å². The summed E-state index contributed by atoms with van der Waals surface area (Å²) in [5.74, 6) is 3.32. The number of fused-ring (bicyclic) bond motifs is 1. The van der Waals surface area contributed by atoms with Gasteiger partial charge in [-0.1, -0.05) is 25.3 Å². The van der Waals surface area contributed by atoms with E-state index in [0.29, 0.717) is 13.1 Å². The lowest BCUT2D eigenvalue weighted by Gasteiger charge is -2.41. The van der Waals surface area contributed by atoms with Crippen LogP contribution in [0.3, 0.4) is 0 Å². The molecule has 1 amide bonds. The number of methoxy groups -OCH3 is 2. The molecule has 1 aromatic rings. The third-order valence-electron chi connectivity index (χ3n) is 5.93. The van der Waals surface area contributed by atoms with E-state index in [1.165, 1.54) is 32.1 Å². The number of hydrogen-bond donors (Lipinski definition) is 1. The first kappa shape index (κ1) is 19.0. The summed E-state index contributed by atoms with van der Waals surface area (Å²) >= 11 is 0. The average molecular weight is 360 g/mol. The summed E-state index contributed by atoms with van der Waals surface area (Å²) in [5.41, 5.74) is 1.13. The van der Waals surface area contributed by atoms with Gasteiger partial charge in [0, 0.05) is 13.1 Å². The number of amides is 1. The van der Waals surface area contributed by atoms with Crippen molar-refractivity contribution in [3.05, 3.63) is 23.8 Å². The van der Waals surface area contributed by atoms with E-state index in [-0.39, 0.29) is 5.91 Å². The molecule has 144 valence electrons. The first-order valence-electron chi connectivity index (χ1n) is 9.89. The second kappa shape index (κ2) is 9.26. The Morgan fingerprint density at radius 3 is 2.65 bits per heavy atom. The molecule has 1 aliphatic heterocycles. The molecule has 3 rings (SSSR count). The second-order valence-corrected chi connectivity index (χ2v) is 7.62. The Balaban J connectivity index is 1.40. The van der Waals surface area contributed by atoms with E-state index >= 15 is 0 Å². The minimum Gasteiger partial charge on any atom is -0.493 e. The number of nitrogens with one attached hydrogen (secondary N) is 1. The summed E-state index contributed by atoms with van der Waals surface area (Å²) in [6, 6.07) is 5.89. The minimum absolute atomic E-state index is 0.139. The number of carbonyl (C=O) groups is 1. The first-order valence-corrected chi connectivity index (χ1v) is 9.89. The van der Waals surface area contributed by atoms with E-state index in [1.807, 2.05) is 18.2 Å². The lowest BCUT2D eigenvalue weighted by Crippen LogP contribution is -2.46. The normalized spacial score (nSPS) is 23.2. The minimum atomic E-state index is 0.139. The van der Waals surface area contributed by atoms with Gasteiger partial charge < -0.3 is 14.8 Å².